The molecule has 2 rings (SSSR count). The van der Waals surface area contributed by atoms with Gasteiger partial charge in [-0.25, -0.2) is 13.2 Å². The van der Waals surface area contributed by atoms with Crippen molar-refractivity contribution in [2.45, 2.75) is 18.4 Å². The van der Waals surface area contributed by atoms with Gasteiger partial charge in [-0.1, -0.05) is 12.1 Å². The number of aliphatic hydroxyl groups is 1. The first-order chi connectivity index (χ1) is 9.83. The number of nitrogens with one attached hydrogen (secondary N) is 1. The summed E-state index contributed by atoms with van der Waals surface area (Å²) >= 11 is 0. The van der Waals surface area contributed by atoms with Gasteiger partial charge in [0.05, 0.1) is 6.61 Å². The summed E-state index contributed by atoms with van der Waals surface area (Å²) in [4.78, 5) is 10.6. The second kappa shape index (κ2) is 5.58. The molecule has 0 saturated heterocycles. The van der Waals surface area contributed by atoms with Crippen LogP contribution in [0.2, 0.25) is 0 Å². The van der Waals surface area contributed by atoms with Gasteiger partial charge in [0.2, 0.25) is 5.76 Å². The summed E-state index contributed by atoms with van der Waals surface area (Å²) in [5.74, 6) is -1.81. The van der Waals surface area contributed by atoms with Crippen LogP contribution in [-0.4, -0.2) is 24.6 Å². The zero-order valence-corrected chi connectivity index (χ0v) is 11.8. The maximum Gasteiger partial charge on any atom is 0.371 e. The number of hydrogen-bond donors (Lipinski definition) is 3. The van der Waals surface area contributed by atoms with Crippen LogP contribution in [0, 0.1) is 6.92 Å². The van der Waals surface area contributed by atoms with E-state index in [1.54, 1.807) is 12.1 Å². The minimum Gasteiger partial charge on any atom is -0.475 e. The van der Waals surface area contributed by atoms with Crippen molar-refractivity contribution in [3.8, 4) is 0 Å². The predicted octanol–water partition coefficient (Wildman–Crippen LogP) is 1.58. The van der Waals surface area contributed by atoms with E-state index in [1.807, 2.05) is 0 Å². The molecule has 0 atom stereocenters. The average molecular weight is 311 g/mol. The number of anilines is 1. The maximum atomic E-state index is 12.2. The number of sulfonamides is 1. The Balaban J connectivity index is 2.36. The highest BCUT2D eigenvalue weighted by Gasteiger charge is 2.24. The molecular formula is C13H13NO6S. The van der Waals surface area contributed by atoms with E-state index in [4.69, 9.17) is 14.6 Å². The van der Waals surface area contributed by atoms with Crippen LogP contribution in [0.25, 0.3) is 0 Å². The summed E-state index contributed by atoms with van der Waals surface area (Å²) in [6, 6.07) is 7.18. The first kappa shape index (κ1) is 15.1. The van der Waals surface area contributed by atoms with Crippen LogP contribution in [0.4, 0.5) is 5.69 Å². The van der Waals surface area contributed by atoms with Gasteiger partial charge in [0.25, 0.3) is 10.0 Å². The summed E-state index contributed by atoms with van der Waals surface area (Å²) < 4.78 is 31.7. The smallest absolute Gasteiger partial charge is 0.371 e. The standard InChI is InChI=1S/C13H13NO6S/c1-8-12(6-11(20-8)13(16)17)21(18,19)14-10-4-2-3-9(5-10)7-15/h2-6,14-15H,7H2,1H3,(H,16,17). The molecule has 112 valence electrons. The zero-order valence-electron chi connectivity index (χ0n) is 11.0. The number of aryl methyl sites for hydroxylation is 1. The Kier molecular flexibility index (Phi) is 4.01. The third-order valence-corrected chi connectivity index (χ3v) is 4.22. The lowest BCUT2D eigenvalue weighted by atomic mass is 10.2. The van der Waals surface area contributed by atoms with Crippen molar-refractivity contribution in [1.29, 1.82) is 0 Å². The minimum atomic E-state index is -3.97. The molecule has 0 aliphatic rings. The van der Waals surface area contributed by atoms with E-state index in [2.05, 4.69) is 4.72 Å². The molecular weight excluding hydrogens is 298 g/mol. The predicted molar refractivity (Wildman–Crippen MR) is 73.6 cm³/mol. The summed E-state index contributed by atoms with van der Waals surface area (Å²) in [6.45, 7) is 1.15. The van der Waals surface area contributed by atoms with E-state index in [1.165, 1.54) is 19.1 Å². The number of hydrogen-bond acceptors (Lipinski definition) is 5. The molecule has 0 aliphatic heterocycles. The Morgan fingerprint density at radius 3 is 2.62 bits per heavy atom. The van der Waals surface area contributed by atoms with E-state index in [0.29, 0.717) is 5.56 Å². The number of furan rings is 1. The van der Waals surface area contributed by atoms with E-state index >= 15 is 0 Å². The lowest BCUT2D eigenvalue weighted by Gasteiger charge is -2.07. The summed E-state index contributed by atoms with van der Waals surface area (Å²) in [5, 5.41) is 17.8. The number of carboxylic acids is 1. The first-order valence-corrected chi connectivity index (χ1v) is 7.38. The second-order valence-electron chi connectivity index (χ2n) is 4.30. The molecule has 0 aliphatic carbocycles. The highest BCUT2D eigenvalue weighted by molar-refractivity contribution is 7.92. The molecule has 0 unspecified atom stereocenters. The van der Waals surface area contributed by atoms with Crippen LogP contribution in [0.15, 0.2) is 39.6 Å². The van der Waals surface area contributed by atoms with Crippen molar-refractivity contribution in [2.75, 3.05) is 4.72 Å². The third kappa shape index (κ3) is 3.23. The fourth-order valence-electron chi connectivity index (χ4n) is 1.78. The Morgan fingerprint density at radius 2 is 2.05 bits per heavy atom. The maximum absolute atomic E-state index is 12.2. The molecule has 8 heteroatoms. The fourth-order valence-corrected chi connectivity index (χ4v) is 3.01. The Bertz CT molecular complexity index is 778. The number of carboxylic acid groups (broad SMARTS) is 1. The lowest BCUT2D eigenvalue weighted by Crippen LogP contribution is -2.13. The van der Waals surface area contributed by atoms with Crippen LogP contribution >= 0.6 is 0 Å². The number of carbonyl (C=O) groups is 1. The van der Waals surface area contributed by atoms with Crippen molar-refractivity contribution in [3.63, 3.8) is 0 Å². The normalized spacial score (nSPS) is 11.3. The molecule has 0 fully saturated rings. The van der Waals surface area contributed by atoms with Gasteiger partial charge in [0.15, 0.2) is 0 Å². The van der Waals surface area contributed by atoms with Crippen LogP contribution in [0.5, 0.6) is 0 Å². The second-order valence-corrected chi connectivity index (χ2v) is 5.95. The average Bonchev–Trinajstić information content (AvgIpc) is 2.81. The van der Waals surface area contributed by atoms with Crippen LogP contribution in [-0.2, 0) is 16.6 Å². The Hall–Kier alpha value is -2.32. The molecule has 0 bridgehead atoms. The Morgan fingerprint density at radius 1 is 1.33 bits per heavy atom. The van der Waals surface area contributed by atoms with Gasteiger partial charge in [-0.2, -0.15) is 0 Å². The van der Waals surface area contributed by atoms with Gasteiger partial charge in [-0.05, 0) is 24.6 Å². The molecule has 1 aromatic heterocycles. The molecule has 0 spiro atoms. The van der Waals surface area contributed by atoms with Crippen molar-refractivity contribution >= 4 is 21.7 Å². The van der Waals surface area contributed by atoms with Gasteiger partial charge in [-0.3, -0.25) is 4.72 Å². The van der Waals surface area contributed by atoms with E-state index < -0.39 is 21.8 Å². The van der Waals surface area contributed by atoms with Gasteiger partial charge in [0, 0.05) is 11.8 Å². The first-order valence-electron chi connectivity index (χ1n) is 5.90. The molecule has 1 aromatic carbocycles. The number of rotatable bonds is 5. The SMILES string of the molecule is Cc1oc(C(=O)O)cc1S(=O)(=O)Nc1cccc(CO)c1. The third-order valence-electron chi connectivity index (χ3n) is 2.73. The van der Waals surface area contributed by atoms with Crippen molar-refractivity contribution < 1.29 is 27.8 Å². The number of aromatic carboxylic acids is 1. The van der Waals surface area contributed by atoms with Gasteiger partial charge < -0.3 is 14.6 Å². The topological polar surface area (TPSA) is 117 Å². The minimum absolute atomic E-state index is 0.0155. The Labute approximate surface area is 120 Å². The van der Waals surface area contributed by atoms with E-state index in [9.17, 15) is 13.2 Å². The molecule has 0 amide bonds. The monoisotopic (exact) mass is 311 g/mol. The molecule has 2 aromatic rings. The van der Waals surface area contributed by atoms with E-state index in [-0.39, 0.29) is 22.9 Å². The number of benzene rings is 1. The molecule has 21 heavy (non-hydrogen) atoms. The van der Waals surface area contributed by atoms with Crippen LogP contribution in [0.1, 0.15) is 21.9 Å². The summed E-state index contributed by atoms with van der Waals surface area (Å²) in [6.07, 6.45) is 0. The van der Waals surface area contributed by atoms with Crippen LogP contribution in [0.3, 0.4) is 0 Å². The van der Waals surface area contributed by atoms with Crippen molar-refractivity contribution in [2.24, 2.45) is 0 Å². The number of aliphatic hydroxyl groups excluding tert-OH is 1. The van der Waals surface area contributed by atoms with Gasteiger partial charge in [0.1, 0.15) is 10.7 Å². The molecule has 0 saturated carbocycles. The quantitative estimate of drug-likeness (QED) is 0.771. The molecule has 7 nitrogen and oxygen atoms in total. The molecule has 3 N–H and O–H groups in total. The van der Waals surface area contributed by atoms with Gasteiger partial charge in [-0.15, -0.1) is 0 Å². The fraction of sp³-hybridized carbons (Fsp3) is 0.154. The summed E-state index contributed by atoms with van der Waals surface area (Å²) in [5.41, 5.74) is 0.810. The largest absolute Gasteiger partial charge is 0.475 e. The lowest BCUT2D eigenvalue weighted by molar-refractivity contribution is 0.0661. The van der Waals surface area contributed by atoms with Crippen LogP contribution < -0.4 is 4.72 Å². The summed E-state index contributed by atoms with van der Waals surface area (Å²) in [7, 11) is -3.97. The van der Waals surface area contributed by atoms with Crippen molar-refractivity contribution in [1.82, 2.24) is 0 Å². The molecule has 1 heterocycles. The van der Waals surface area contributed by atoms with Gasteiger partial charge >= 0.3 is 5.97 Å². The highest BCUT2D eigenvalue weighted by Crippen LogP contribution is 2.23. The van der Waals surface area contributed by atoms with E-state index in [0.717, 1.165) is 6.07 Å². The highest BCUT2D eigenvalue weighted by atomic mass is 32.2. The zero-order chi connectivity index (χ0) is 15.6. The molecule has 0 radical (unpaired) electrons. The van der Waals surface area contributed by atoms with Crippen molar-refractivity contribution in [3.05, 3.63) is 47.4 Å².